The fourth-order valence-corrected chi connectivity index (χ4v) is 8.51. The topological polar surface area (TPSA) is 90.3 Å². The predicted octanol–water partition coefficient (Wildman–Crippen LogP) is 2.75. The molecule has 3 aliphatic carbocycles. The van der Waals surface area contributed by atoms with Crippen LogP contribution in [0.4, 0.5) is 4.39 Å². The first kappa shape index (κ1) is 21.1. The maximum absolute atomic E-state index is 14.6. The summed E-state index contributed by atoms with van der Waals surface area (Å²) in [7, 11) is 0. The third kappa shape index (κ3) is 2.15. The molecule has 8 rings (SSSR count). The molecule has 1 saturated heterocycles. The van der Waals surface area contributed by atoms with E-state index >= 15 is 0 Å². The van der Waals surface area contributed by atoms with Crippen LogP contribution in [0, 0.1) is 24.6 Å². The lowest BCUT2D eigenvalue weighted by molar-refractivity contribution is -0.320. The number of aromatic hydroxyl groups is 1. The van der Waals surface area contributed by atoms with E-state index in [1.54, 1.807) is 6.07 Å². The number of likely N-dealkylation sites (tertiary alicyclic amines) is 1. The van der Waals surface area contributed by atoms with Gasteiger partial charge in [-0.1, -0.05) is 12.1 Å². The van der Waals surface area contributed by atoms with Crippen LogP contribution in [0.2, 0.25) is 0 Å². The molecule has 0 bridgehead atoms. The highest BCUT2D eigenvalue weighted by atomic mass is 19.1. The SMILES string of the molecule is Cc1ccc(O)c2c1[C@]13C4CN(CC5CC5)[C@H]4[C@]1(O)CC[C@@H](N1C(=O)c4cccc(F)c4C1=O)[C@@H]3O2. The third-order valence-electron chi connectivity index (χ3n) is 10.0. The molecule has 1 unspecified atom stereocenters. The fourth-order valence-electron chi connectivity index (χ4n) is 8.51. The van der Waals surface area contributed by atoms with Gasteiger partial charge in [0, 0.05) is 30.6 Å². The van der Waals surface area contributed by atoms with Crippen LogP contribution >= 0.6 is 0 Å². The van der Waals surface area contributed by atoms with Crippen LogP contribution in [0.15, 0.2) is 30.3 Å². The number of aliphatic hydroxyl groups is 1. The second-order valence-electron chi connectivity index (χ2n) is 11.6. The highest BCUT2D eigenvalue weighted by Crippen LogP contribution is 2.74. The summed E-state index contributed by atoms with van der Waals surface area (Å²) in [5.41, 5.74) is -0.355. The molecule has 1 spiro atoms. The standard InChI is InChI=1S/C28H27FN2O5/c1-13-5-8-19(32)22-21(13)28-16-12-30(11-14-6-7-14)23(16)27(28,35)10-9-18(24(28)36-22)31-25(33)15-3-2-4-17(29)20(15)26(31)34/h2-5,8,14,16,18,23-24,32,35H,6-7,9-12H2,1H3/t16?,18-,23-,24+,27-,28+/m1/s1. The Morgan fingerprint density at radius 1 is 1.14 bits per heavy atom. The van der Waals surface area contributed by atoms with Crippen molar-refractivity contribution in [3.05, 3.63) is 58.4 Å². The van der Waals surface area contributed by atoms with Gasteiger partial charge in [0.05, 0.1) is 28.2 Å². The highest BCUT2D eigenvalue weighted by molar-refractivity contribution is 6.21. The molecule has 7 nitrogen and oxygen atoms in total. The summed E-state index contributed by atoms with van der Waals surface area (Å²) in [5, 5.41) is 23.2. The lowest BCUT2D eigenvalue weighted by atomic mass is 9.35. The van der Waals surface area contributed by atoms with E-state index in [1.165, 1.54) is 31.0 Å². The number of ether oxygens (including phenoxy) is 1. The summed E-state index contributed by atoms with van der Waals surface area (Å²) in [6, 6.07) is 6.85. The van der Waals surface area contributed by atoms with Gasteiger partial charge in [0.15, 0.2) is 11.5 Å². The maximum atomic E-state index is 14.6. The number of carbonyl (C=O) groups is 2. The van der Waals surface area contributed by atoms with Gasteiger partial charge in [-0.2, -0.15) is 0 Å². The summed E-state index contributed by atoms with van der Waals surface area (Å²) < 4.78 is 21.1. The Hall–Kier alpha value is -2.97. The predicted molar refractivity (Wildman–Crippen MR) is 125 cm³/mol. The molecule has 2 N–H and O–H groups in total. The number of amides is 2. The summed E-state index contributed by atoms with van der Waals surface area (Å²) in [4.78, 5) is 30.4. The zero-order valence-electron chi connectivity index (χ0n) is 19.9. The first-order chi connectivity index (χ1) is 17.3. The Kier molecular flexibility index (Phi) is 3.80. The average Bonchev–Trinajstić information content (AvgIpc) is 3.51. The van der Waals surface area contributed by atoms with Crippen LogP contribution in [0.25, 0.3) is 0 Å². The number of hydrogen-bond donors (Lipinski definition) is 2. The van der Waals surface area contributed by atoms with E-state index in [1.807, 2.05) is 13.0 Å². The number of nitrogens with zero attached hydrogens (tertiary/aromatic N) is 2. The Morgan fingerprint density at radius 3 is 2.69 bits per heavy atom. The normalized spacial score (nSPS) is 37.8. The van der Waals surface area contributed by atoms with Crippen LogP contribution in [-0.4, -0.2) is 68.7 Å². The highest BCUT2D eigenvalue weighted by Gasteiger charge is 2.85. The smallest absolute Gasteiger partial charge is 0.264 e. The number of carbonyl (C=O) groups excluding carboxylic acids is 2. The quantitative estimate of drug-likeness (QED) is 0.644. The molecule has 8 heteroatoms. The van der Waals surface area contributed by atoms with Crippen molar-refractivity contribution in [2.75, 3.05) is 13.1 Å². The van der Waals surface area contributed by atoms with Crippen LogP contribution in [0.1, 0.15) is 57.5 Å². The lowest BCUT2D eigenvalue weighted by Crippen LogP contribution is -2.92. The number of phenolic OH excluding ortho intramolecular Hbond substituents is 1. The van der Waals surface area contributed by atoms with Crippen molar-refractivity contribution in [1.29, 1.82) is 0 Å². The van der Waals surface area contributed by atoms with E-state index in [0.29, 0.717) is 24.5 Å². The molecule has 2 aromatic rings. The van der Waals surface area contributed by atoms with Gasteiger partial charge < -0.3 is 14.9 Å². The number of fused-ring (bicyclic) bond motifs is 4. The molecule has 3 saturated carbocycles. The summed E-state index contributed by atoms with van der Waals surface area (Å²) in [6.07, 6.45) is 2.50. The molecule has 6 atom stereocenters. The molecule has 36 heavy (non-hydrogen) atoms. The van der Waals surface area contributed by atoms with Gasteiger partial charge in [-0.3, -0.25) is 19.4 Å². The van der Waals surface area contributed by atoms with Gasteiger partial charge >= 0.3 is 0 Å². The zero-order valence-corrected chi connectivity index (χ0v) is 19.9. The third-order valence-corrected chi connectivity index (χ3v) is 10.0. The first-order valence-electron chi connectivity index (χ1n) is 12.9. The molecule has 186 valence electrons. The van der Waals surface area contributed by atoms with Crippen LogP contribution in [-0.2, 0) is 5.41 Å². The van der Waals surface area contributed by atoms with Crippen molar-refractivity contribution >= 4 is 11.8 Å². The Balaban J connectivity index is 1.26. The molecule has 0 aromatic heterocycles. The van der Waals surface area contributed by atoms with E-state index in [4.69, 9.17) is 4.74 Å². The molecule has 3 aliphatic heterocycles. The largest absolute Gasteiger partial charge is 0.504 e. The zero-order chi connectivity index (χ0) is 24.7. The van der Waals surface area contributed by atoms with Gasteiger partial charge in [0.25, 0.3) is 11.8 Å². The summed E-state index contributed by atoms with van der Waals surface area (Å²) in [5.74, 6) is -0.775. The number of hydrogen-bond acceptors (Lipinski definition) is 6. The van der Waals surface area contributed by atoms with Crippen molar-refractivity contribution < 1.29 is 28.9 Å². The van der Waals surface area contributed by atoms with Gasteiger partial charge in [-0.25, -0.2) is 4.39 Å². The Morgan fingerprint density at radius 2 is 1.94 bits per heavy atom. The van der Waals surface area contributed by atoms with Crippen LogP contribution < -0.4 is 4.74 Å². The molecular weight excluding hydrogens is 463 g/mol. The lowest BCUT2D eigenvalue weighted by Gasteiger charge is -2.78. The van der Waals surface area contributed by atoms with E-state index in [9.17, 15) is 24.2 Å². The van der Waals surface area contributed by atoms with Gasteiger partial charge in [0.1, 0.15) is 11.9 Å². The van der Waals surface area contributed by atoms with E-state index in [0.717, 1.165) is 29.1 Å². The van der Waals surface area contributed by atoms with Gasteiger partial charge in [-0.05, 0) is 62.3 Å². The minimum Gasteiger partial charge on any atom is -0.504 e. The number of halogens is 1. The first-order valence-corrected chi connectivity index (χ1v) is 12.9. The average molecular weight is 491 g/mol. The number of phenols is 1. The summed E-state index contributed by atoms with van der Waals surface area (Å²) in [6.45, 7) is 3.74. The molecule has 0 radical (unpaired) electrons. The number of rotatable bonds is 3. The van der Waals surface area contributed by atoms with Gasteiger partial charge in [-0.15, -0.1) is 0 Å². The van der Waals surface area contributed by atoms with E-state index in [2.05, 4.69) is 4.90 Å². The van der Waals surface area contributed by atoms with Crippen molar-refractivity contribution in [3.63, 3.8) is 0 Å². The summed E-state index contributed by atoms with van der Waals surface area (Å²) >= 11 is 0. The molecular formula is C28H27FN2O5. The number of benzene rings is 2. The second kappa shape index (κ2) is 6.47. The molecule has 6 aliphatic rings. The Bertz CT molecular complexity index is 1390. The van der Waals surface area contributed by atoms with Crippen LogP contribution in [0.3, 0.4) is 0 Å². The maximum Gasteiger partial charge on any atom is 0.264 e. The van der Waals surface area contributed by atoms with E-state index < -0.39 is 40.8 Å². The minimum atomic E-state index is -1.10. The molecule has 3 heterocycles. The number of imide groups is 1. The molecule has 2 aromatic carbocycles. The Labute approximate surface area is 207 Å². The fraction of sp³-hybridized carbons (Fsp3) is 0.500. The second-order valence-corrected chi connectivity index (χ2v) is 11.6. The molecule has 4 fully saturated rings. The van der Waals surface area contributed by atoms with Crippen molar-refractivity contribution in [2.24, 2.45) is 11.8 Å². The van der Waals surface area contributed by atoms with Crippen molar-refractivity contribution in [3.8, 4) is 11.5 Å². The molecule has 2 amide bonds. The van der Waals surface area contributed by atoms with Gasteiger partial charge in [0.2, 0.25) is 0 Å². The van der Waals surface area contributed by atoms with Crippen molar-refractivity contribution in [1.82, 2.24) is 9.80 Å². The number of aryl methyl sites for hydroxylation is 1. The van der Waals surface area contributed by atoms with E-state index in [-0.39, 0.29) is 28.8 Å². The minimum absolute atomic E-state index is 0.00234. The number of piperidine rings is 1. The van der Waals surface area contributed by atoms with Crippen LogP contribution in [0.5, 0.6) is 11.5 Å². The van der Waals surface area contributed by atoms with Crippen molar-refractivity contribution in [2.45, 2.75) is 61.8 Å². The monoisotopic (exact) mass is 490 g/mol.